The van der Waals surface area contributed by atoms with Crippen LogP contribution >= 0.6 is 9.24 Å². The van der Waals surface area contributed by atoms with Gasteiger partial charge in [-0.05, 0) is 45.1 Å². The number of ether oxygens (including phenoxy) is 3. The minimum atomic E-state index is -3.05. The molecule has 0 amide bonds. The summed E-state index contributed by atoms with van der Waals surface area (Å²) in [5.74, 6) is -2.27. The van der Waals surface area contributed by atoms with E-state index in [-0.39, 0.29) is 41.3 Å². The van der Waals surface area contributed by atoms with Gasteiger partial charge in [0.15, 0.2) is 23.1 Å². The van der Waals surface area contributed by atoms with Gasteiger partial charge in [0.05, 0.1) is 0 Å². The van der Waals surface area contributed by atoms with Gasteiger partial charge in [0, 0.05) is 29.6 Å². The van der Waals surface area contributed by atoms with Crippen molar-refractivity contribution >= 4 is 9.24 Å². The molecule has 3 atom stereocenters. The lowest BCUT2D eigenvalue weighted by Crippen LogP contribution is -2.23. The van der Waals surface area contributed by atoms with Gasteiger partial charge in [0.1, 0.15) is 12.3 Å². The third kappa shape index (κ3) is 4.55. The molecular formula is C20H17F3N3O4P. The first-order chi connectivity index (χ1) is 14.8. The first-order valence-electron chi connectivity index (χ1n) is 9.13. The SMILES string of the molecule is CC(c1cnc(CO)nc1)c1ccc(OC(F)F)c(-c2ccc3c(c2)OC(F)(P)O3)n1. The van der Waals surface area contributed by atoms with E-state index < -0.39 is 12.4 Å². The number of aliphatic hydroxyl groups excluding tert-OH is 1. The monoisotopic (exact) mass is 451 g/mol. The Bertz CT molecular complexity index is 1100. The predicted molar refractivity (Wildman–Crippen MR) is 107 cm³/mol. The summed E-state index contributed by atoms with van der Waals surface area (Å²) in [6.45, 7) is -1.48. The van der Waals surface area contributed by atoms with Crippen LogP contribution in [0.25, 0.3) is 11.3 Å². The van der Waals surface area contributed by atoms with Crippen LogP contribution in [-0.2, 0) is 6.61 Å². The number of nitrogens with zero attached hydrogens (tertiary/aromatic N) is 3. The molecule has 0 saturated carbocycles. The number of benzene rings is 1. The van der Waals surface area contributed by atoms with Crippen LogP contribution in [0.3, 0.4) is 0 Å². The second-order valence-electron chi connectivity index (χ2n) is 6.72. The first-order valence-corrected chi connectivity index (χ1v) is 9.71. The maximum Gasteiger partial charge on any atom is 0.418 e. The van der Waals surface area contributed by atoms with E-state index in [1.165, 1.54) is 18.2 Å². The zero-order valence-electron chi connectivity index (χ0n) is 16.1. The lowest BCUT2D eigenvalue weighted by Gasteiger charge is -2.16. The standard InChI is InChI=1S/C20H17F3N3O4P/c1-10(12-7-24-17(9-27)25-8-12)13-3-5-15(28-19(21)22)18(26-13)11-2-4-14-16(6-11)30-20(23,31)29-14/h2-8,10,19,27H,9,31H2,1H3. The number of aromatic nitrogens is 3. The third-order valence-electron chi connectivity index (χ3n) is 4.62. The third-order valence-corrected chi connectivity index (χ3v) is 4.86. The van der Waals surface area contributed by atoms with Crippen LogP contribution in [-0.4, -0.2) is 32.5 Å². The molecule has 0 aliphatic carbocycles. The van der Waals surface area contributed by atoms with E-state index in [2.05, 4.69) is 19.7 Å². The number of hydrogen-bond donors (Lipinski definition) is 1. The van der Waals surface area contributed by atoms with Crippen molar-refractivity contribution < 1.29 is 32.5 Å². The van der Waals surface area contributed by atoms with Crippen molar-refractivity contribution in [2.24, 2.45) is 0 Å². The molecule has 0 bridgehead atoms. The molecule has 0 spiro atoms. The molecule has 162 valence electrons. The molecular weight excluding hydrogens is 434 g/mol. The van der Waals surface area contributed by atoms with Gasteiger partial charge in [-0.1, -0.05) is 6.92 Å². The van der Waals surface area contributed by atoms with Crippen molar-refractivity contribution in [2.45, 2.75) is 31.8 Å². The Morgan fingerprint density at radius 2 is 1.84 bits per heavy atom. The van der Waals surface area contributed by atoms with E-state index >= 15 is 0 Å². The molecule has 1 aromatic carbocycles. The van der Waals surface area contributed by atoms with Crippen LogP contribution in [0.1, 0.15) is 29.9 Å². The fourth-order valence-corrected chi connectivity index (χ4v) is 3.34. The maximum absolute atomic E-state index is 14.0. The van der Waals surface area contributed by atoms with E-state index in [9.17, 15) is 13.2 Å². The largest absolute Gasteiger partial charge is 0.432 e. The number of fused-ring (bicyclic) bond motifs is 1. The Hall–Kier alpha value is -2.97. The van der Waals surface area contributed by atoms with Gasteiger partial charge in [-0.3, -0.25) is 0 Å². The molecule has 1 aliphatic heterocycles. The molecule has 1 aliphatic rings. The number of rotatable bonds is 6. The van der Waals surface area contributed by atoms with Crippen molar-refractivity contribution in [2.75, 3.05) is 0 Å². The van der Waals surface area contributed by atoms with Gasteiger partial charge >= 0.3 is 12.4 Å². The van der Waals surface area contributed by atoms with E-state index in [1.807, 2.05) is 6.92 Å². The normalized spacial score (nSPS) is 18.3. The van der Waals surface area contributed by atoms with Gasteiger partial charge in [0.2, 0.25) is 0 Å². The zero-order chi connectivity index (χ0) is 22.2. The number of halogens is 3. The number of pyridine rings is 1. The summed E-state index contributed by atoms with van der Waals surface area (Å²) < 4.78 is 54.5. The van der Waals surface area contributed by atoms with Crippen molar-refractivity contribution in [1.82, 2.24) is 15.0 Å². The molecule has 11 heteroatoms. The van der Waals surface area contributed by atoms with Gasteiger partial charge in [-0.25, -0.2) is 15.0 Å². The van der Waals surface area contributed by atoms with Gasteiger partial charge in [-0.2, -0.15) is 13.2 Å². The second-order valence-corrected chi connectivity index (χ2v) is 7.41. The Kier molecular flexibility index (Phi) is 5.68. The van der Waals surface area contributed by atoms with Crippen LogP contribution < -0.4 is 14.2 Å². The zero-order valence-corrected chi connectivity index (χ0v) is 17.3. The molecule has 3 heterocycles. The molecule has 3 unspecified atom stereocenters. The van der Waals surface area contributed by atoms with Crippen LogP contribution in [0, 0.1) is 0 Å². The quantitative estimate of drug-likeness (QED) is 0.567. The van der Waals surface area contributed by atoms with Crippen molar-refractivity contribution in [3.63, 3.8) is 0 Å². The van der Waals surface area contributed by atoms with Crippen LogP contribution in [0.15, 0.2) is 42.7 Å². The molecule has 0 radical (unpaired) electrons. The van der Waals surface area contributed by atoms with Crippen LogP contribution in [0.5, 0.6) is 17.2 Å². The minimum Gasteiger partial charge on any atom is -0.432 e. The van der Waals surface area contributed by atoms with E-state index in [0.717, 1.165) is 0 Å². The smallest absolute Gasteiger partial charge is 0.418 e. The molecule has 2 aromatic heterocycles. The molecule has 0 saturated heterocycles. The maximum atomic E-state index is 14.0. The fourth-order valence-electron chi connectivity index (χ4n) is 3.08. The Labute approximate surface area is 177 Å². The lowest BCUT2D eigenvalue weighted by atomic mass is 9.99. The Balaban J connectivity index is 1.73. The Morgan fingerprint density at radius 1 is 1.13 bits per heavy atom. The average molecular weight is 451 g/mol. The summed E-state index contributed by atoms with van der Waals surface area (Å²) in [6, 6.07) is 7.40. The number of aliphatic hydroxyl groups is 1. The van der Waals surface area contributed by atoms with Crippen LogP contribution in [0.4, 0.5) is 13.2 Å². The van der Waals surface area contributed by atoms with E-state index in [0.29, 0.717) is 16.8 Å². The molecule has 31 heavy (non-hydrogen) atoms. The predicted octanol–water partition coefficient (Wildman–Crippen LogP) is 4.01. The van der Waals surface area contributed by atoms with Crippen LogP contribution in [0.2, 0.25) is 0 Å². The molecule has 7 nitrogen and oxygen atoms in total. The number of alkyl halides is 3. The van der Waals surface area contributed by atoms with Gasteiger partial charge in [0.25, 0.3) is 0 Å². The van der Waals surface area contributed by atoms with E-state index in [1.54, 1.807) is 33.8 Å². The molecule has 3 aromatic rings. The molecule has 4 rings (SSSR count). The highest BCUT2D eigenvalue weighted by molar-refractivity contribution is 7.18. The highest BCUT2D eigenvalue weighted by Gasteiger charge is 2.37. The average Bonchev–Trinajstić information content (AvgIpc) is 3.06. The highest BCUT2D eigenvalue weighted by Crippen LogP contribution is 2.45. The molecule has 1 N–H and O–H groups in total. The summed E-state index contributed by atoms with van der Waals surface area (Å²) in [7, 11) is 1.79. The highest BCUT2D eigenvalue weighted by atomic mass is 31.0. The molecule has 0 fully saturated rings. The summed E-state index contributed by atoms with van der Waals surface area (Å²) in [4.78, 5) is 12.6. The topological polar surface area (TPSA) is 86.6 Å². The van der Waals surface area contributed by atoms with E-state index in [4.69, 9.17) is 14.6 Å². The first kappa shape index (κ1) is 21.3. The summed E-state index contributed by atoms with van der Waals surface area (Å²) >= 11 is 0. The van der Waals surface area contributed by atoms with Crippen molar-refractivity contribution in [1.29, 1.82) is 0 Å². The lowest BCUT2D eigenvalue weighted by molar-refractivity contribution is -0.104. The summed E-state index contributed by atoms with van der Waals surface area (Å²) in [5.41, 5.74) is 1.76. The Morgan fingerprint density at radius 3 is 2.52 bits per heavy atom. The van der Waals surface area contributed by atoms with Gasteiger partial charge < -0.3 is 19.3 Å². The van der Waals surface area contributed by atoms with Crippen molar-refractivity contribution in [3.8, 4) is 28.5 Å². The minimum absolute atomic E-state index is 0.103. The van der Waals surface area contributed by atoms with Crippen molar-refractivity contribution in [3.05, 3.63) is 59.8 Å². The summed E-state index contributed by atoms with van der Waals surface area (Å²) in [6.07, 6.45) is 3.13. The number of hydrogen-bond acceptors (Lipinski definition) is 7. The van der Waals surface area contributed by atoms with Gasteiger partial charge in [-0.15, -0.1) is 0 Å². The fraction of sp³-hybridized carbons (Fsp3) is 0.250. The summed E-state index contributed by atoms with van der Waals surface area (Å²) in [5, 5.41) is 9.09. The second kappa shape index (κ2) is 8.28.